The van der Waals surface area contributed by atoms with Crippen molar-refractivity contribution in [2.45, 2.75) is 19.3 Å². The Labute approximate surface area is 223 Å². The van der Waals surface area contributed by atoms with Crippen molar-refractivity contribution < 1.29 is 0 Å². The fourth-order valence-corrected chi connectivity index (χ4v) is 6.64. The number of aromatic nitrogens is 1. The number of rotatable bonds is 3. The van der Waals surface area contributed by atoms with E-state index in [9.17, 15) is 0 Å². The number of para-hydroxylation sites is 2. The highest BCUT2D eigenvalue weighted by Gasteiger charge is 2.36. The molecular formula is C36H28N2. The van der Waals surface area contributed by atoms with Gasteiger partial charge in [0.15, 0.2) is 0 Å². The van der Waals surface area contributed by atoms with Crippen LogP contribution < -0.4 is 4.90 Å². The average molecular weight is 489 g/mol. The SMILES string of the molecule is C1=CCC2C(=C1)N(c1ccc(-c3ccc(-n4c5ccccc5c5ccccc54)cc3)cc1)C1=C2CCC=C1. The van der Waals surface area contributed by atoms with Crippen LogP contribution in [0.1, 0.15) is 19.3 Å². The molecule has 2 heteroatoms. The van der Waals surface area contributed by atoms with E-state index >= 15 is 0 Å². The molecule has 0 radical (unpaired) electrons. The summed E-state index contributed by atoms with van der Waals surface area (Å²) >= 11 is 0. The number of hydrogen-bond donors (Lipinski definition) is 0. The van der Waals surface area contributed by atoms with Crippen molar-refractivity contribution in [3.05, 3.63) is 144 Å². The van der Waals surface area contributed by atoms with Gasteiger partial charge in [0.25, 0.3) is 0 Å². The standard InChI is InChI=1S/C36H28N2/c1-5-13-33-29(9-1)30-10-2-6-14-34(30)37(33)27-21-17-25(18-22-27)26-19-23-28(24-20-26)38-35-15-7-3-11-31(35)32-12-4-8-16-36(32)38/h1-3,5-10,13-24,31H,4,11-12H2. The van der Waals surface area contributed by atoms with Crippen LogP contribution in [0.4, 0.5) is 5.69 Å². The highest BCUT2D eigenvalue weighted by molar-refractivity contribution is 6.09. The number of anilines is 1. The molecule has 3 aliphatic rings. The maximum atomic E-state index is 2.48. The smallest absolute Gasteiger partial charge is 0.0541 e. The van der Waals surface area contributed by atoms with Crippen molar-refractivity contribution in [3.63, 3.8) is 0 Å². The van der Waals surface area contributed by atoms with E-state index in [4.69, 9.17) is 0 Å². The molecule has 0 saturated carbocycles. The third-order valence-electron chi connectivity index (χ3n) is 8.40. The lowest BCUT2D eigenvalue weighted by Gasteiger charge is -2.26. The topological polar surface area (TPSA) is 8.17 Å². The van der Waals surface area contributed by atoms with Crippen molar-refractivity contribution in [2.75, 3.05) is 4.90 Å². The molecule has 5 aromatic rings. The molecule has 1 unspecified atom stereocenters. The van der Waals surface area contributed by atoms with E-state index in [1.165, 1.54) is 62.1 Å². The summed E-state index contributed by atoms with van der Waals surface area (Å²) in [6.45, 7) is 0. The Kier molecular flexibility index (Phi) is 4.81. The molecule has 2 nitrogen and oxygen atoms in total. The minimum atomic E-state index is 0.535. The van der Waals surface area contributed by atoms with Gasteiger partial charge in [-0.3, -0.25) is 0 Å². The lowest BCUT2D eigenvalue weighted by molar-refractivity contribution is 0.695. The molecule has 1 aliphatic heterocycles. The van der Waals surface area contributed by atoms with Crippen molar-refractivity contribution in [3.8, 4) is 16.8 Å². The van der Waals surface area contributed by atoms with Crippen LogP contribution in [-0.4, -0.2) is 4.57 Å². The Balaban J connectivity index is 1.14. The molecule has 0 bridgehead atoms. The third kappa shape index (κ3) is 3.20. The summed E-state index contributed by atoms with van der Waals surface area (Å²) in [5.74, 6) is 0.535. The van der Waals surface area contributed by atoms with Gasteiger partial charge in [-0.25, -0.2) is 0 Å². The lowest BCUT2D eigenvalue weighted by atomic mass is 9.87. The molecule has 0 amide bonds. The predicted octanol–water partition coefficient (Wildman–Crippen LogP) is 9.33. The second-order valence-corrected chi connectivity index (χ2v) is 10.5. The fraction of sp³-hybridized carbons (Fsp3) is 0.111. The van der Waals surface area contributed by atoms with Crippen LogP contribution in [0.15, 0.2) is 144 Å². The zero-order chi connectivity index (χ0) is 25.1. The Morgan fingerprint density at radius 1 is 0.632 bits per heavy atom. The largest absolute Gasteiger partial charge is 0.314 e. The molecule has 4 aromatic carbocycles. The van der Waals surface area contributed by atoms with E-state index in [1.54, 1.807) is 5.57 Å². The van der Waals surface area contributed by atoms with Gasteiger partial charge in [-0.2, -0.15) is 0 Å². The second-order valence-electron chi connectivity index (χ2n) is 10.5. The van der Waals surface area contributed by atoms with E-state index in [-0.39, 0.29) is 0 Å². The van der Waals surface area contributed by atoms with Gasteiger partial charge in [0.2, 0.25) is 0 Å². The molecule has 0 spiro atoms. The van der Waals surface area contributed by atoms with E-state index < -0.39 is 0 Å². The quantitative estimate of drug-likeness (QED) is 0.246. The molecule has 8 rings (SSSR count). The summed E-state index contributed by atoms with van der Waals surface area (Å²) in [5, 5.41) is 2.59. The maximum Gasteiger partial charge on any atom is 0.0541 e. The van der Waals surface area contributed by atoms with Crippen molar-refractivity contribution >= 4 is 27.5 Å². The summed E-state index contributed by atoms with van der Waals surface area (Å²) in [7, 11) is 0. The van der Waals surface area contributed by atoms with Gasteiger partial charge in [-0.1, -0.05) is 78.9 Å². The van der Waals surface area contributed by atoms with Gasteiger partial charge in [-0.05, 0) is 84.5 Å². The first kappa shape index (κ1) is 21.5. The number of nitrogens with zero attached hydrogens (tertiary/aromatic N) is 2. The maximum absolute atomic E-state index is 2.48. The minimum absolute atomic E-state index is 0.535. The molecule has 1 atom stereocenters. The second kappa shape index (κ2) is 8.49. The Bertz CT molecular complexity index is 1770. The predicted molar refractivity (Wildman–Crippen MR) is 159 cm³/mol. The minimum Gasteiger partial charge on any atom is -0.314 e. The van der Waals surface area contributed by atoms with Crippen molar-refractivity contribution in [1.82, 2.24) is 4.57 Å². The van der Waals surface area contributed by atoms with Crippen LogP contribution in [0.25, 0.3) is 38.6 Å². The summed E-state index contributed by atoms with van der Waals surface area (Å²) in [6.07, 6.45) is 14.9. The molecule has 2 aliphatic carbocycles. The van der Waals surface area contributed by atoms with Gasteiger partial charge in [0.1, 0.15) is 0 Å². The van der Waals surface area contributed by atoms with E-state index in [0.717, 1.165) is 12.8 Å². The van der Waals surface area contributed by atoms with Crippen molar-refractivity contribution in [1.29, 1.82) is 0 Å². The number of hydrogen-bond acceptors (Lipinski definition) is 1. The Morgan fingerprint density at radius 2 is 1.26 bits per heavy atom. The summed E-state index contributed by atoms with van der Waals surface area (Å²) in [4.78, 5) is 2.48. The molecule has 38 heavy (non-hydrogen) atoms. The first-order valence-corrected chi connectivity index (χ1v) is 13.6. The van der Waals surface area contributed by atoms with Crippen LogP contribution in [-0.2, 0) is 0 Å². The lowest BCUT2D eigenvalue weighted by Crippen LogP contribution is -2.19. The van der Waals surface area contributed by atoms with Gasteiger partial charge >= 0.3 is 0 Å². The molecular weight excluding hydrogens is 460 g/mol. The monoisotopic (exact) mass is 488 g/mol. The van der Waals surface area contributed by atoms with Crippen LogP contribution in [0.3, 0.4) is 0 Å². The van der Waals surface area contributed by atoms with E-state index in [2.05, 4.69) is 137 Å². The van der Waals surface area contributed by atoms with Gasteiger partial charge in [0.05, 0.1) is 11.0 Å². The highest BCUT2D eigenvalue weighted by Crippen LogP contribution is 2.47. The first-order chi connectivity index (χ1) is 18.9. The van der Waals surface area contributed by atoms with E-state index in [0.29, 0.717) is 5.92 Å². The van der Waals surface area contributed by atoms with Gasteiger partial charge in [-0.15, -0.1) is 0 Å². The number of allylic oxidation sites excluding steroid dienone is 6. The molecule has 1 aromatic heterocycles. The van der Waals surface area contributed by atoms with Gasteiger partial charge in [0, 0.05) is 39.5 Å². The van der Waals surface area contributed by atoms with Crippen LogP contribution in [0, 0.1) is 5.92 Å². The van der Waals surface area contributed by atoms with Crippen molar-refractivity contribution in [2.24, 2.45) is 5.92 Å². The number of fused-ring (bicyclic) bond motifs is 5. The summed E-state index contributed by atoms with van der Waals surface area (Å²) in [5.41, 5.74) is 11.8. The van der Waals surface area contributed by atoms with Crippen LogP contribution in [0.2, 0.25) is 0 Å². The summed E-state index contributed by atoms with van der Waals surface area (Å²) < 4.78 is 2.37. The molecule has 0 fully saturated rings. The highest BCUT2D eigenvalue weighted by atomic mass is 15.2. The fourth-order valence-electron chi connectivity index (χ4n) is 6.64. The van der Waals surface area contributed by atoms with Crippen LogP contribution in [0.5, 0.6) is 0 Å². The normalized spacial score (nSPS) is 18.3. The van der Waals surface area contributed by atoms with E-state index in [1.807, 2.05) is 0 Å². The third-order valence-corrected chi connectivity index (χ3v) is 8.40. The zero-order valence-corrected chi connectivity index (χ0v) is 21.2. The Morgan fingerprint density at radius 3 is 1.95 bits per heavy atom. The molecule has 2 heterocycles. The summed E-state index contributed by atoms with van der Waals surface area (Å²) in [6, 6.07) is 35.4. The Hall–Kier alpha value is -4.56. The average Bonchev–Trinajstić information content (AvgIpc) is 3.51. The zero-order valence-electron chi connectivity index (χ0n) is 21.2. The van der Waals surface area contributed by atoms with Gasteiger partial charge < -0.3 is 9.47 Å². The van der Waals surface area contributed by atoms with Crippen LogP contribution >= 0.6 is 0 Å². The molecule has 182 valence electrons. The number of benzene rings is 4. The molecule has 0 N–H and O–H groups in total. The first-order valence-electron chi connectivity index (χ1n) is 13.6. The molecule has 0 saturated heterocycles.